The van der Waals surface area contributed by atoms with Crippen molar-refractivity contribution >= 4 is 30.5 Å². The molecule has 0 saturated heterocycles. The van der Waals surface area contributed by atoms with Gasteiger partial charge in [-0.05, 0) is 19.1 Å². The molecule has 3 aromatic rings. The van der Waals surface area contributed by atoms with E-state index in [4.69, 9.17) is 19.7 Å². The van der Waals surface area contributed by atoms with Crippen LogP contribution in [0, 0.1) is 0 Å². The maximum atomic E-state index is 14.8. The highest BCUT2D eigenvalue weighted by Gasteiger charge is 2.41. The molecule has 1 unspecified atom stereocenters. The lowest BCUT2D eigenvalue weighted by molar-refractivity contribution is -0.141. The second kappa shape index (κ2) is 10.1. The SMILES string of the molecule is CCN([C@@H](C)C(=O)O)P(=O)(CO[C@H]1C=C(F)[C@H](n2cnc3c(N)ncnc32)O1)Oc1ccccc1. The summed E-state index contributed by atoms with van der Waals surface area (Å²) in [6, 6.07) is 7.17. The quantitative estimate of drug-likeness (QED) is 0.390. The number of halogens is 1. The van der Waals surface area contributed by atoms with Crippen LogP contribution in [0.25, 0.3) is 11.2 Å². The highest BCUT2D eigenvalue weighted by atomic mass is 31.2. The van der Waals surface area contributed by atoms with Crippen LogP contribution in [0.15, 0.2) is 54.9 Å². The molecule has 1 aliphatic rings. The number of carboxylic acid groups (broad SMARTS) is 1. The molecule has 0 amide bonds. The van der Waals surface area contributed by atoms with Crippen LogP contribution in [0.1, 0.15) is 20.1 Å². The van der Waals surface area contributed by atoms with E-state index < -0.39 is 44.2 Å². The lowest BCUT2D eigenvalue weighted by atomic mass is 10.3. The Hall–Kier alpha value is -3.38. The number of carbonyl (C=O) groups is 1. The van der Waals surface area contributed by atoms with E-state index in [-0.39, 0.29) is 29.3 Å². The minimum Gasteiger partial charge on any atom is -0.480 e. The van der Waals surface area contributed by atoms with Gasteiger partial charge in [-0.15, -0.1) is 0 Å². The number of nitrogens with zero attached hydrogens (tertiary/aromatic N) is 5. The summed E-state index contributed by atoms with van der Waals surface area (Å²) in [7, 11) is -3.92. The third kappa shape index (κ3) is 5.03. The zero-order valence-electron chi connectivity index (χ0n) is 18.9. The number of rotatable bonds is 10. The normalized spacial score (nSPS) is 20.5. The first-order valence-corrected chi connectivity index (χ1v) is 12.4. The first kappa shape index (κ1) is 24.7. The van der Waals surface area contributed by atoms with Gasteiger partial charge in [0.2, 0.25) is 0 Å². The summed E-state index contributed by atoms with van der Waals surface area (Å²) >= 11 is 0. The molecule has 12 nitrogen and oxygen atoms in total. The average Bonchev–Trinajstić information content (AvgIpc) is 3.42. The van der Waals surface area contributed by atoms with Crippen LogP contribution in [-0.2, 0) is 18.8 Å². The molecule has 3 heterocycles. The number of hydrogen-bond acceptors (Lipinski definition) is 9. The number of ether oxygens (including phenoxy) is 2. The summed E-state index contributed by atoms with van der Waals surface area (Å²) in [5.74, 6) is -1.46. The monoisotopic (exact) mass is 506 g/mol. The summed E-state index contributed by atoms with van der Waals surface area (Å²) in [6.07, 6.45) is 0.573. The molecular weight excluding hydrogens is 482 g/mol. The van der Waals surface area contributed by atoms with Crippen LogP contribution in [0.3, 0.4) is 0 Å². The molecule has 1 aliphatic heterocycles. The molecule has 0 fully saturated rings. The topological polar surface area (TPSA) is 155 Å². The second-order valence-electron chi connectivity index (χ2n) is 7.60. The van der Waals surface area contributed by atoms with Gasteiger partial charge in [-0.1, -0.05) is 25.1 Å². The van der Waals surface area contributed by atoms with Gasteiger partial charge in [0.1, 0.15) is 23.6 Å². The average molecular weight is 506 g/mol. The highest BCUT2D eigenvalue weighted by Crippen LogP contribution is 2.52. The molecule has 35 heavy (non-hydrogen) atoms. The number of nitrogens with two attached hydrogens (primary N) is 1. The number of likely N-dealkylation sites (N-methyl/N-ethyl adjacent to an activating group) is 1. The molecule has 0 aliphatic carbocycles. The Labute approximate surface area is 199 Å². The molecule has 0 bridgehead atoms. The summed E-state index contributed by atoms with van der Waals surface area (Å²) < 4.78 is 48.3. The summed E-state index contributed by atoms with van der Waals surface area (Å²) in [4.78, 5) is 23.7. The molecule has 14 heteroatoms. The van der Waals surface area contributed by atoms with E-state index in [1.54, 1.807) is 37.3 Å². The van der Waals surface area contributed by atoms with E-state index in [1.165, 1.54) is 28.8 Å². The van der Waals surface area contributed by atoms with Crippen molar-refractivity contribution in [2.75, 3.05) is 18.6 Å². The van der Waals surface area contributed by atoms with Gasteiger partial charge in [0.05, 0.1) is 6.33 Å². The fourth-order valence-corrected chi connectivity index (χ4v) is 5.77. The van der Waals surface area contributed by atoms with Crippen molar-refractivity contribution in [3.8, 4) is 5.75 Å². The fraction of sp³-hybridized carbons (Fsp3) is 0.333. The van der Waals surface area contributed by atoms with Crippen LogP contribution in [-0.4, -0.2) is 60.5 Å². The van der Waals surface area contributed by atoms with Crippen molar-refractivity contribution in [2.45, 2.75) is 32.4 Å². The van der Waals surface area contributed by atoms with Crippen molar-refractivity contribution in [3.05, 3.63) is 54.9 Å². The largest absolute Gasteiger partial charge is 0.480 e. The molecule has 2 aromatic heterocycles. The number of carboxylic acids is 1. The number of benzene rings is 1. The van der Waals surface area contributed by atoms with Crippen molar-refractivity contribution in [1.29, 1.82) is 0 Å². The van der Waals surface area contributed by atoms with E-state index in [9.17, 15) is 18.9 Å². The van der Waals surface area contributed by atoms with Crippen LogP contribution in [0.2, 0.25) is 0 Å². The van der Waals surface area contributed by atoms with Crippen molar-refractivity contribution in [2.24, 2.45) is 0 Å². The third-order valence-corrected chi connectivity index (χ3v) is 7.73. The maximum Gasteiger partial charge on any atom is 0.345 e. The van der Waals surface area contributed by atoms with Crippen LogP contribution in [0.4, 0.5) is 10.2 Å². The number of hydrogen-bond donors (Lipinski definition) is 2. The maximum absolute atomic E-state index is 14.8. The number of aliphatic carboxylic acids is 1. The molecule has 0 radical (unpaired) electrons. The van der Waals surface area contributed by atoms with Gasteiger partial charge < -0.3 is 24.8 Å². The zero-order chi connectivity index (χ0) is 25.2. The summed E-state index contributed by atoms with van der Waals surface area (Å²) in [5.41, 5.74) is 6.33. The Morgan fingerprint density at radius 1 is 1.34 bits per heavy atom. The predicted molar refractivity (Wildman–Crippen MR) is 123 cm³/mol. The molecule has 0 saturated carbocycles. The number of aromatic nitrogens is 4. The van der Waals surface area contributed by atoms with Crippen molar-refractivity contribution in [1.82, 2.24) is 24.2 Å². The fourth-order valence-electron chi connectivity index (χ4n) is 3.62. The first-order valence-electron chi connectivity index (χ1n) is 10.6. The van der Waals surface area contributed by atoms with Gasteiger partial charge in [-0.25, -0.2) is 24.0 Å². The van der Waals surface area contributed by atoms with Crippen molar-refractivity contribution < 1.29 is 32.9 Å². The summed E-state index contributed by atoms with van der Waals surface area (Å²) in [6.45, 7) is 3.15. The predicted octanol–water partition coefficient (Wildman–Crippen LogP) is 3.16. The van der Waals surface area contributed by atoms with Gasteiger partial charge in [-0.3, -0.25) is 13.9 Å². The third-order valence-electron chi connectivity index (χ3n) is 5.35. The standard InChI is InChI=1S/C21H24FN6O6P/c1-3-28(13(2)21(29)30)35(31,34-14-7-5-4-6-8-14)12-32-16-9-15(22)20(33-16)27-11-26-17-18(23)24-10-25-19(17)27/h4-11,13,16,20H,3,12H2,1-2H3,(H,29,30)(H2,23,24,25)/t13-,16+,20+,35?/m0/s1. The van der Waals surface area contributed by atoms with Crippen molar-refractivity contribution in [3.63, 3.8) is 0 Å². The van der Waals surface area contributed by atoms with Gasteiger partial charge in [0.25, 0.3) is 0 Å². The van der Waals surface area contributed by atoms with E-state index in [2.05, 4.69) is 15.0 Å². The molecule has 186 valence electrons. The smallest absolute Gasteiger partial charge is 0.345 e. The number of anilines is 1. The van der Waals surface area contributed by atoms with E-state index in [1.807, 2.05) is 0 Å². The highest BCUT2D eigenvalue weighted by molar-refractivity contribution is 7.56. The zero-order valence-corrected chi connectivity index (χ0v) is 19.8. The number of imidazole rings is 1. The first-order chi connectivity index (χ1) is 16.7. The minimum atomic E-state index is -3.92. The molecule has 1 aromatic carbocycles. The number of para-hydroxylation sites is 1. The number of fused-ring (bicyclic) bond motifs is 1. The Balaban J connectivity index is 1.54. The lowest BCUT2D eigenvalue weighted by Gasteiger charge is -2.33. The van der Waals surface area contributed by atoms with E-state index in [0.29, 0.717) is 0 Å². The molecule has 3 N–H and O–H groups in total. The summed E-state index contributed by atoms with van der Waals surface area (Å²) in [5, 5.41) is 9.50. The van der Waals surface area contributed by atoms with Gasteiger partial charge in [0.15, 0.2) is 36.2 Å². The van der Waals surface area contributed by atoms with Crippen LogP contribution >= 0.6 is 7.52 Å². The Kier molecular flexibility index (Phi) is 7.13. The Bertz CT molecular complexity index is 1290. The second-order valence-corrected chi connectivity index (χ2v) is 9.83. The Morgan fingerprint density at radius 3 is 2.77 bits per heavy atom. The van der Waals surface area contributed by atoms with Gasteiger partial charge >= 0.3 is 13.5 Å². The van der Waals surface area contributed by atoms with E-state index >= 15 is 0 Å². The Morgan fingerprint density at radius 2 is 2.09 bits per heavy atom. The minimum absolute atomic E-state index is 0.0987. The van der Waals surface area contributed by atoms with Crippen LogP contribution < -0.4 is 10.3 Å². The molecule has 4 atom stereocenters. The molecule has 4 rings (SSSR count). The molecular formula is C21H24FN6O6P. The number of nitrogen functional groups attached to an aromatic ring is 1. The van der Waals surface area contributed by atoms with E-state index in [0.717, 1.165) is 6.08 Å². The molecule has 0 spiro atoms. The lowest BCUT2D eigenvalue weighted by Crippen LogP contribution is -2.39. The van der Waals surface area contributed by atoms with Gasteiger partial charge in [-0.2, -0.15) is 0 Å². The van der Waals surface area contributed by atoms with Crippen LogP contribution in [0.5, 0.6) is 5.75 Å². The van der Waals surface area contributed by atoms with Gasteiger partial charge in [0, 0.05) is 12.6 Å².